The summed E-state index contributed by atoms with van der Waals surface area (Å²) in [4.78, 5) is 38.0. The van der Waals surface area contributed by atoms with Gasteiger partial charge in [-0.15, -0.1) is 0 Å². The molecule has 0 aliphatic carbocycles. The molecule has 2 unspecified atom stereocenters. The molecule has 310 valence electrons. The zero-order valence-corrected chi connectivity index (χ0v) is 34.2. The number of carbonyl (C=O) groups is 2. The molecule has 0 saturated heterocycles. The molecule has 0 aromatic heterocycles. The minimum Gasteiger partial charge on any atom is -0.756 e. The molecule has 0 radical (unpaired) electrons. The quantitative estimate of drug-likeness (QED) is 0.0262. The van der Waals surface area contributed by atoms with Gasteiger partial charge < -0.3 is 27.9 Å². The van der Waals surface area contributed by atoms with Crippen LogP contribution in [0.2, 0.25) is 0 Å². The molecule has 52 heavy (non-hydrogen) atoms. The maximum Gasteiger partial charge on any atom is 0.306 e. The van der Waals surface area contributed by atoms with Crippen molar-refractivity contribution in [2.24, 2.45) is 0 Å². The topological polar surface area (TPSA) is 111 Å². The zero-order chi connectivity index (χ0) is 46.1. The van der Waals surface area contributed by atoms with Gasteiger partial charge >= 0.3 is 11.9 Å². The van der Waals surface area contributed by atoms with Crippen LogP contribution in [0, 0.1) is 0 Å². The first-order valence-electron chi connectivity index (χ1n) is 25.6. The van der Waals surface area contributed by atoms with Gasteiger partial charge in [-0.25, -0.2) is 0 Å². The lowest BCUT2D eigenvalue weighted by Crippen LogP contribution is -2.37. The van der Waals surface area contributed by atoms with Crippen molar-refractivity contribution < 1.29 is 54.4 Å². The number of phosphoric acid groups is 1. The van der Waals surface area contributed by atoms with E-state index in [-0.39, 0.29) is 12.8 Å². The molecule has 0 bridgehead atoms. The summed E-state index contributed by atoms with van der Waals surface area (Å²) in [5.74, 6) is -1.17. The highest BCUT2D eigenvalue weighted by molar-refractivity contribution is 7.45. The predicted octanol–water partition coefficient (Wildman–Crippen LogP) is 11.4. The first-order chi connectivity index (χ1) is 28.7. The second-order valence-corrected chi connectivity index (χ2v) is 16.0. The van der Waals surface area contributed by atoms with Crippen LogP contribution in [0.3, 0.4) is 0 Å². The Balaban J connectivity index is 4.94. The monoisotopic (exact) mass is 771 g/mol. The zero-order valence-electron chi connectivity index (χ0n) is 42.3. The van der Waals surface area contributed by atoms with Crippen molar-refractivity contribution in [1.82, 2.24) is 0 Å². The van der Waals surface area contributed by atoms with Crippen molar-refractivity contribution in [1.29, 1.82) is 0 Å². The van der Waals surface area contributed by atoms with Gasteiger partial charge in [0, 0.05) is 12.8 Å². The highest BCUT2D eigenvalue weighted by Crippen LogP contribution is 2.38. The maximum absolute atomic E-state index is 12.8. The summed E-state index contributed by atoms with van der Waals surface area (Å²) in [5.41, 5.74) is 0. The van der Waals surface area contributed by atoms with E-state index in [1.54, 1.807) is 0 Å². The van der Waals surface area contributed by atoms with E-state index in [9.17, 15) is 19.0 Å². The van der Waals surface area contributed by atoms with E-state index in [2.05, 4.69) is 13.8 Å². The van der Waals surface area contributed by atoms with Crippen LogP contribution < -0.4 is 4.89 Å². The van der Waals surface area contributed by atoms with Gasteiger partial charge in [-0.05, 0) is 12.8 Å². The molecule has 0 fully saturated rings. The van der Waals surface area contributed by atoms with Crippen molar-refractivity contribution in [2.45, 2.75) is 213 Å². The number of rotatable bonds is 40. The third kappa shape index (κ3) is 38.7. The minimum atomic E-state index is -5.32. The van der Waals surface area contributed by atoms with Crippen molar-refractivity contribution in [3.8, 4) is 0 Å². The van der Waals surface area contributed by atoms with E-state index in [1.807, 2.05) is 0 Å². The lowest BCUT2D eigenvalue weighted by atomic mass is 10.0. The summed E-state index contributed by atoms with van der Waals surface area (Å²) in [6.45, 7) is -10.00. The van der Waals surface area contributed by atoms with Crippen LogP contribution in [0.25, 0.3) is 0 Å². The first kappa shape index (κ1) is 36.6. The Hall–Kier alpha value is -0.990. The molecule has 0 N–H and O–H groups in total. The van der Waals surface area contributed by atoms with Gasteiger partial charge in [-0.3, -0.25) is 14.2 Å². The molecule has 0 aromatic rings. The molecular weight excluding hydrogens is 677 g/mol. The van der Waals surface area contributed by atoms with Crippen LogP contribution in [-0.2, 0) is 32.7 Å². The number of hydrogen-bond donors (Lipinski definition) is 0. The van der Waals surface area contributed by atoms with Gasteiger partial charge in [-0.2, -0.15) is 0 Å². The standard InChI is InChI=1S/C42H84NO8P/c1-6-8-10-12-14-16-18-20-21-23-25-27-29-31-33-35-42(45)51-40(39-50-52(46,47)49-37-36-43(3,4)5)38-48-41(44)34-32-30-28-26-24-22-19-17-15-13-11-9-7-2/h40H,6-39H2,1-5H3/i3D3,4D3,5D3. The Morgan fingerprint density at radius 1 is 0.558 bits per heavy atom. The van der Waals surface area contributed by atoms with E-state index in [1.165, 1.54) is 116 Å². The highest BCUT2D eigenvalue weighted by atomic mass is 31.2. The fourth-order valence-corrected chi connectivity index (χ4v) is 6.78. The second kappa shape index (κ2) is 35.7. The third-order valence-corrected chi connectivity index (χ3v) is 10.3. The fourth-order valence-electron chi connectivity index (χ4n) is 6.05. The Labute approximate surface area is 333 Å². The van der Waals surface area contributed by atoms with Crippen LogP contribution >= 0.6 is 7.82 Å². The van der Waals surface area contributed by atoms with Gasteiger partial charge in [0.2, 0.25) is 0 Å². The number of quaternary nitrogens is 1. The van der Waals surface area contributed by atoms with Gasteiger partial charge in [-0.1, -0.05) is 181 Å². The van der Waals surface area contributed by atoms with E-state index in [0.717, 1.165) is 51.4 Å². The van der Waals surface area contributed by atoms with Crippen LogP contribution in [-0.4, -0.2) is 69.8 Å². The second-order valence-electron chi connectivity index (χ2n) is 14.6. The van der Waals surface area contributed by atoms with Crippen LogP contribution in [0.4, 0.5) is 0 Å². The number of ether oxygens (including phenoxy) is 2. The Morgan fingerprint density at radius 2 is 0.923 bits per heavy atom. The van der Waals surface area contributed by atoms with Crippen molar-refractivity contribution >= 4 is 19.8 Å². The van der Waals surface area contributed by atoms with Crippen molar-refractivity contribution in [2.75, 3.05) is 47.3 Å². The first-order valence-corrected chi connectivity index (χ1v) is 22.5. The molecule has 0 aliphatic rings. The maximum atomic E-state index is 12.8. The number of unbranched alkanes of at least 4 members (excludes halogenated alkanes) is 26. The van der Waals surface area contributed by atoms with Crippen LogP contribution in [0.5, 0.6) is 0 Å². The number of esters is 2. The third-order valence-electron chi connectivity index (χ3n) is 9.29. The van der Waals surface area contributed by atoms with Crippen molar-refractivity contribution in [3.63, 3.8) is 0 Å². The molecule has 0 heterocycles. The lowest BCUT2D eigenvalue weighted by molar-refractivity contribution is -0.870. The van der Waals surface area contributed by atoms with Crippen LogP contribution in [0.15, 0.2) is 0 Å². The normalized spacial score (nSPS) is 16.9. The molecule has 0 aliphatic heterocycles. The molecular formula is C42H84NO8P. The van der Waals surface area contributed by atoms with Crippen molar-refractivity contribution in [3.05, 3.63) is 0 Å². The predicted molar refractivity (Wildman–Crippen MR) is 213 cm³/mol. The molecule has 0 amide bonds. The van der Waals surface area contributed by atoms with E-state index in [4.69, 9.17) is 30.9 Å². The Bertz CT molecular complexity index is 1120. The lowest BCUT2D eigenvalue weighted by Gasteiger charge is -2.28. The van der Waals surface area contributed by atoms with E-state index >= 15 is 0 Å². The number of hydrogen-bond acceptors (Lipinski definition) is 8. The molecule has 0 saturated carbocycles. The molecule has 0 spiro atoms. The van der Waals surface area contributed by atoms with Crippen LogP contribution in [0.1, 0.15) is 219 Å². The molecule has 9 nitrogen and oxygen atoms in total. The Kier molecular flexibility index (Phi) is 25.1. The average molecular weight is 771 g/mol. The fraction of sp³-hybridized carbons (Fsp3) is 0.952. The molecule has 0 rings (SSSR count). The average Bonchev–Trinajstić information content (AvgIpc) is 3.16. The van der Waals surface area contributed by atoms with E-state index in [0.29, 0.717) is 12.8 Å². The minimum absolute atomic E-state index is 0.0621. The summed E-state index contributed by atoms with van der Waals surface area (Å²) in [6, 6.07) is 0. The molecule has 0 aromatic carbocycles. The summed E-state index contributed by atoms with van der Waals surface area (Å²) < 4.78 is 99.9. The number of carbonyl (C=O) groups excluding carboxylic acids is 2. The summed E-state index contributed by atoms with van der Waals surface area (Å²) in [7, 11) is -5.32. The van der Waals surface area contributed by atoms with E-state index < -0.39 is 77.6 Å². The summed E-state index contributed by atoms with van der Waals surface area (Å²) >= 11 is 0. The summed E-state index contributed by atoms with van der Waals surface area (Å²) in [5, 5.41) is 0. The van der Waals surface area contributed by atoms with Gasteiger partial charge in [0.05, 0.1) is 39.9 Å². The SMILES string of the molecule is [2H]C([2H])([2H])[N+](CCOP(=O)([O-])OCC(COC(=O)CCCCCCCCCCCCCCC)OC(=O)CCCCCCCCCCCCCCCCC)(C([2H])([2H])[2H])C([2H])([2H])[2H]. The molecule has 10 heteroatoms. The summed E-state index contributed by atoms with van der Waals surface area (Å²) in [6.07, 6.45) is 31.3. The largest absolute Gasteiger partial charge is 0.756 e. The number of phosphoric ester groups is 1. The molecule has 2 atom stereocenters. The number of likely N-dealkylation sites (N-methyl/N-ethyl adjacent to an activating group) is 1. The van der Waals surface area contributed by atoms with Gasteiger partial charge in [0.15, 0.2) is 6.10 Å². The number of nitrogens with zero attached hydrogens (tertiary/aromatic N) is 1. The highest BCUT2D eigenvalue weighted by Gasteiger charge is 2.21. The Morgan fingerprint density at radius 3 is 1.31 bits per heavy atom. The smallest absolute Gasteiger partial charge is 0.306 e. The van der Waals surface area contributed by atoms with Gasteiger partial charge in [0.1, 0.15) is 19.8 Å². The van der Waals surface area contributed by atoms with Gasteiger partial charge in [0.25, 0.3) is 7.82 Å².